The summed E-state index contributed by atoms with van der Waals surface area (Å²) in [6.07, 6.45) is 4.95. The van der Waals surface area contributed by atoms with Gasteiger partial charge in [-0.2, -0.15) is 0 Å². The highest BCUT2D eigenvalue weighted by atomic mass is 32.1. The van der Waals surface area contributed by atoms with Gasteiger partial charge in [0.05, 0.1) is 0 Å². The van der Waals surface area contributed by atoms with Crippen molar-refractivity contribution in [2.24, 2.45) is 5.73 Å². The first-order chi connectivity index (χ1) is 8.19. The van der Waals surface area contributed by atoms with E-state index in [1.165, 1.54) is 35.4 Å². The Balaban J connectivity index is 1.92. The maximum atomic E-state index is 5.98. The van der Waals surface area contributed by atoms with Gasteiger partial charge >= 0.3 is 0 Å². The smallest absolute Gasteiger partial charge is 0.0330 e. The highest BCUT2D eigenvalue weighted by Crippen LogP contribution is 2.25. The van der Waals surface area contributed by atoms with E-state index in [4.69, 9.17) is 5.73 Å². The van der Waals surface area contributed by atoms with Crippen molar-refractivity contribution >= 4 is 11.3 Å². The van der Waals surface area contributed by atoms with Gasteiger partial charge in [-0.05, 0) is 51.3 Å². The molecule has 2 nitrogen and oxygen atoms in total. The second-order valence-corrected chi connectivity index (χ2v) is 6.52. The second kappa shape index (κ2) is 5.98. The van der Waals surface area contributed by atoms with Crippen molar-refractivity contribution in [2.75, 3.05) is 6.54 Å². The summed E-state index contributed by atoms with van der Waals surface area (Å²) in [5.41, 5.74) is 5.98. The zero-order valence-corrected chi connectivity index (χ0v) is 11.8. The zero-order chi connectivity index (χ0) is 12.3. The first-order valence-electron chi connectivity index (χ1n) is 6.74. The van der Waals surface area contributed by atoms with Crippen LogP contribution in [0.3, 0.4) is 0 Å². The van der Waals surface area contributed by atoms with Crippen LogP contribution in [0.25, 0.3) is 0 Å². The van der Waals surface area contributed by atoms with Gasteiger partial charge in [-0.15, -0.1) is 11.3 Å². The van der Waals surface area contributed by atoms with Gasteiger partial charge in [0.15, 0.2) is 0 Å². The van der Waals surface area contributed by atoms with Crippen LogP contribution >= 0.6 is 11.3 Å². The van der Waals surface area contributed by atoms with Crippen molar-refractivity contribution in [1.29, 1.82) is 0 Å². The van der Waals surface area contributed by atoms with Crippen LogP contribution in [0.1, 0.15) is 42.4 Å². The van der Waals surface area contributed by atoms with Crippen LogP contribution in [0.5, 0.6) is 0 Å². The van der Waals surface area contributed by atoms with Crippen LogP contribution in [-0.4, -0.2) is 23.5 Å². The van der Waals surface area contributed by atoms with E-state index in [-0.39, 0.29) is 0 Å². The van der Waals surface area contributed by atoms with Crippen LogP contribution < -0.4 is 5.73 Å². The Labute approximate surface area is 109 Å². The second-order valence-electron chi connectivity index (χ2n) is 5.14. The molecule has 1 aromatic rings. The minimum absolute atomic E-state index is 0.453. The minimum Gasteiger partial charge on any atom is -0.328 e. The summed E-state index contributed by atoms with van der Waals surface area (Å²) < 4.78 is 0. The van der Waals surface area contributed by atoms with E-state index in [1.807, 2.05) is 11.3 Å². The topological polar surface area (TPSA) is 29.3 Å². The molecule has 0 aliphatic heterocycles. The molecule has 0 unspecified atom stereocenters. The Hall–Kier alpha value is -0.380. The lowest BCUT2D eigenvalue weighted by Gasteiger charge is -2.35. The summed E-state index contributed by atoms with van der Waals surface area (Å²) in [5.74, 6) is 0. The fourth-order valence-electron chi connectivity index (χ4n) is 2.74. The molecule has 1 aromatic heterocycles. The van der Waals surface area contributed by atoms with Crippen LogP contribution in [0.4, 0.5) is 0 Å². The molecule has 0 atom stereocenters. The number of nitrogens with two attached hydrogens (primary N) is 1. The Kier molecular flexibility index (Phi) is 4.60. The molecule has 1 saturated carbocycles. The monoisotopic (exact) mass is 252 g/mol. The largest absolute Gasteiger partial charge is 0.328 e. The third kappa shape index (κ3) is 3.54. The molecule has 3 heteroatoms. The molecular formula is C14H24N2S. The predicted octanol–water partition coefficient (Wildman–Crippen LogP) is 3.15. The summed E-state index contributed by atoms with van der Waals surface area (Å²) in [5, 5.41) is 0. The van der Waals surface area contributed by atoms with Gasteiger partial charge in [0.2, 0.25) is 0 Å². The van der Waals surface area contributed by atoms with Crippen molar-refractivity contribution in [1.82, 2.24) is 4.90 Å². The summed E-state index contributed by atoms with van der Waals surface area (Å²) in [7, 11) is 0. The first-order valence-corrected chi connectivity index (χ1v) is 7.55. The minimum atomic E-state index is 0.453. The number of nitrogens with zero attached hydrogens (tertiary/aromatic N) is 1. The SMILES string of the molecule is CCN(Cc1ccc(C)s1)C1CCC(N)CC1. The number of aryl methyl sites for hydroxylation is 1. The normalized spacial score (nSPS) is 25.4. The van der Waals surface area contributed by atoms with Gasteiger partial charge in [-0.3, -0.25) is 4.90 Å². The average Bonchev–Trinajstić information content (AvgIpc) is 2.73. The predicted molar refractivity (Wildman–Crippen MR) is 75.4 cm³/mol. The van der Waals surface area contributed by atoms with Crippen LogP contribution in [0.2, 0.25) is 0 Å². The molecule has 1 heterocycles. The molecule has 1 aliphatic carbocycles. The van der Waals surface area contributed by atoms with Gasteiger partial charge in [0.1, 0.15) is 0 Å². The molecule has 0 amide bonds. The average molecular weight is 252 g/mol. The molecule has 1 aliphatic rings. The fourth-order valence-corrected chi connectivity index (χ4v) is 3.65. The summed E-state index contributed by atoms with van der Waals surface area (Å²) >= 11 is 1.93. The molecule has 0 aromatic carbocycles. The van der Waals surface area contributed by atoms with Crippen molar-refractivity contribution in [3.63, 3.8) is 0 Å². The Morgan fingerprint density at radius 2 is 2.00 bits per heavy atom. The van der Waals surface area contributed by atoms with E-state index in [9.17, 15) is 0 Å². The van der Waals surface area contributed by atoms with Crippen molar-refractivity contribution < 1.29 is 0 Å². The molecule has 1 fully saturated rings. The van der Waals surface area contributed by atoms with Crippen molar-refractivity contribution in [3.8, 4) is 0 Å². The Morgan fingerprint density at radius 1 is 1.29 bits per heavy atom. The summed E-state index contributed by atoms with van der Waals surface area (Å²) in [6, 6.07) is 5.71. The van der Waals surface area contributed by atoms with E-state index in [0.29, 0.717) is 6.04 Å². The van der Waals surface area contributed by atoms with E-state index in [0.717, 1.165) is 19.1 Å². The molecule has 2 rings (SSSR count). The van der Waals surface area contributed by atoms with Crippen molar-refractivity contribution in [2.45, 2.75) is 58.2 Å². The van der Waals surface area contributed by atoms with E-state index in [2.05, 4.69) is 30.9 Å². The van der Waals surface area contributed by atoms with Gasteiger partial charge in [-0.1, -0.05) is 6.92 Å². The lowest BCUT2D eigenvalue weighted by atomic mass is 9.90. The Bertz CT molecular complexity index is 340. The molecule has 96 valence electrons. The van der Waals surface area contributed by atoms with E-state index >= 15 is 0 Å². The Morgan fingerprint density at radius 3 is 2.53 bits per heavy atom. The molecule has 0 bridgehead atoms. The summed E-state index contributed by atoms with van der Waals surface area (Å²) in [6.45, 7) is 6.73. The molecule has 2 N–H and O–H groups in total. The quantitative estimate of drug-likeness (QED) is 0.892. The van der Waals surface area contributed by atoms with Gasteiger partial charge < -0.3 is 5.73 Å². The maximum Gasteiger partial charge on any atom is 0.0330 e. The number of hydrogen-bond acceptors (Lipinski definition) is 3. The third-order valence-corrected chi connectivity index (χ3v) is 4.80. The van der Waals surface area contributed by atoms with Crippen molar-refractivity contribution in [3.05, 3.63) is 21.9 Å². The van der Waals surface area contributed by atoms with E-state index < -0.39 is 0 Å². The first kappa shape index (κ1) is 13.1. The maximum absolute atomic E-state index is 5.98. The van der Waals surface area contributed by atoms with Crippen LogP contribution in [0, 0.1) is 6.92 Å². The highest BCUT2D eigenvalue weighted by Gasteiger charge is 2.23. The molecule has 0 saturated heterocycles. The van der Waals surface area contributed by atoms with Gasteiger partial charge in [0.25, 0.3) is 0 Å². The standard InChI is InChI=1S/C14H24N2S/c1-3-16(10-14-9-4-11(2)17-14)13-7-5-12(15)6-8-13/h4,9,12-13H,3,5-8,10,15H2,1-2H3. The lowest BCUT2D eigenvalue weighted by molar-refractivity contribution is 0.150. The van der Waals surface area contributed by atoms with Gasteiger partial charge in [-0.25, -0.2) is 0 Å². The number of hydrogen-bond donors (Lipinski definition) is 1. The molecule has 0 spiro atoms. The lowest BCUT2D eigenvalue weighted by Crippen LogP contribution is -2.40. The molecular weight excluding hydrogens is 228 g/mol. The van der Waals surface area contributed by atoms with E-state index in [1.54, 1.807) is 0 Å². The molecule has 17 heavy (non-hydrogen) atoms. The fraction of sp³-hybridized carbons (Fsp3) is 0.714. The third-order valence-electron chi connectivity index (χ3n) is 3.82. The summed E-state index contributed by atoms with van der Waals surface area (Å²) in [4.78, 5) is 5.54. The van der Waals surface area contributed by atoms with Gasteiger partial charge in [0, 0.05) is 28.4 Å². The number of thiophene rings is 1. The molecule has 0 radical (unpaired) electrons. The van der Waals surface area contributed by atoms with Crippen LogP contribution in [-0.2, 0) is 6.54 Å². The van der Waals surface area contributed by atoms with Crippen LogP contribution in [0.15, 0.2) is 12.1 Å². The highest BCUT2D eigenvalue weighted by molar-refractivity contribution is 7.11. The zero-order valence-electron chi connectivity index (χ0n) is 11.0. The number of rotatable bonds is 4.